The van der Waals surface area contributed by atoms with Crippen LogP contribution in [0.2, 0.25) is 0 Å². The summed E-state index contributed by atoms with van der Waals surface area (Å²) in [6.45, 7) is 2.90. The zero-order valence-electron chi connectivity index (χ0n) is 22.0. The van der Waals surface area contributed by atoms with Crippen LogP contribution in [0, 0.1) is 5.41 Å². The second-order valence-electron chi connectivity index (χ2n) is 9.49. The maximum absolute atomic E-state index is 13.8. The van der Waals surface area contributed by atoms with Crippen LogP contribution in [0.25, 0.3) is 0 Å². The van der Waals surface area contributed by atoms with Crippen LogP contribution in [0.15, 0.2) is 78.9 Å². The number of nitrogens with zero attached hydrogens (tertiary/aromatic N) is 2. The minimum absolute atomic E-state index is 0.158. The number of carbonyl (C=O) groups excluding carboxylic acids is 3. The van der Waals surface area contributed by atoms with Crippen LogP contribution in [0.5, 0.6) is 5.75 Å². The summed E-state index contributed by atoms with van der Waals surface area (Å²) in [6.07, 6.45) is -0.581. The van der Waals surface area contributed by atoms with Crippen LogP contribution in [0.4, 0.5) is 4.79 Å². The number of rotatable bonds is 10. The third kappa shape index (κ3) is 5.63. The molecule has 3 aromatic rings. The Balaban J connectivity index is 1.67. The standard InChI is InChI=1S/C29H29N5O6/c1-18(35)33(34-27(38)29(2,32-28(34)39)22-13-11-20(12-14-22)26(30)31)24(16-25(36)37)21-9-6-10-23(15-21)40-17-19-7-4-3-5-8-19/h3-15,24H,16-17H2,1-2H3,(H3,30,31)(H,32,39)(H,36,37). The van der Waals surface area contributed by atoms with Crippen LogP contribution in [0.3, 0.4) is 0 Å². The number of hydrogen-bond donors (Lipinski definition) is 4. The summed E-state index contributed by atoms with van der Waals surface area (Å²) >= 11 is 0. The molecule has 11 heteroatoms. The van der Waals surface area contributed by atoms with E-state index >= 15 is 0 Å². The molecule has 1 aliphatic rings. The van der Waals surface area contributed by atoms with E-state index in [4.69, 9.17) is 15.9 Å². The Morgan fingerprint density at radius 3 is 2.35 bits per heavy atom. The molecule has 0 radical (unpaired) electrons. The van der Waals surface area contributed by atoms with Crippen molar-refractivity contribution in [2.24, 2.45) is 5.73 Å². The summed E-state index contributed by atoms with van der Waals surface area (Å²) in [5, 5.41) is 21.5. The van der Waals surface area contributed by atoms with Crippen LogP contribution in [-0.2, 0) is 26.5 Å². The van der Waals surface area contributed by atoms with Crippen molar-refractivity contribution in [1.82, 2.24) is 15.3 Å². The Labute approximate surface area is 230 Å². The van der Waals surface area contributed by atoms with Gasteiger partial charge in [-0.25, -0.2) is 9.80 Å². The molecule has 11 nitrogen and oxygen atoms in total. The van der Waals surface area contributed by atoms with Crippen molar-refractivity contribution in [3.63, 3.8) is 0 Å². The number of carboxylic acid groups (broad SMARTS) is 1. The molecule has 0 aliphatic carbocycles. The highest BCUT2D eigenvalue weighted by molar-refractivity contribution is 6.08. The number of carbonyl (C=O) groups is 4. The fourth-order valence-corrected chi connectivity index (χ4v) is 4.56. The number of nitrogens with one attached hydrogen (secondary N) is 2. The Morgan fingerprint density at radius 1 is 1.07 bits per heavy atom. The Hall–Kier alpha value is -5.19. The summed E-state index contributed by atoms with van der Waals surface area (Å²) in [5.74, 6) is -2.44. The second kappa shape index (κ2) is 11.3. The quantitative estimate of drug-likeness (QED) is 0.173. The van der Waals surface area contributed by atoms with Crippen molar-refractivity contribution in [3.8, 4) is 5.75 Å². The normalized spacial score (nSPS) is 17.2. The van der Waals surface area contributed by atoms with Gasteiger partial charge in [0.05, 0.1) is 12.5 Å². The van der Waals surface area contributed by atoms with Crippen molar-refractivity contribution in [3.05, 3.63) is 101 Å². The van der Waals surface area contributed by atoms with E-state index in [1.54, 1.807) is 48.5 Å². The predicted molar refractivity (Wildman–Crippen MR) is 145 cm³/mol. The number of amidine groups is 1. The zero-order valence-corrected chi connectivity index (χ0v) is 22.0. The molecule has 2 unspecified atom stereocenters. The number of amides is 4. The summed E-state index contributed by atoms with van der Waals surface area (Å²) in [4.78, 5) is 51.9. The van der Waals surface area contributed by atoms with Crippen LogP contribution < -0.4 is 15.8 Å². The van der Waals surface area contributed by atoms with Gasteiger partial charge in [-0.2, -0.15) is 5.01 Å². The largest absolute Gasteiger partial charge is 0.489 e. The number of nitrogens with two attached hydrogens (primary N) is 1. The topological polar surface area (TPSA) is 166 Å². The first-order valence-corrected chi connectivity index (χ1v) is 12.4. The Kier molecular flexibility index (Phi) is 7.85. The third-order valence-corrected chi connectivity index (χ3v) is 6.64. The van der Waals surface area contributed by atoms with Crippen molar-refractivity contribution in [1.29, 1.82) is 5.41 Å². The number of ether oxygens (including phenoxy) is 1. The monoisotopic (exact) mass is 543 g/mol. The van der Waals surface area contributed by atoms with E-state index in [0.717, 1.165) is 17.5 Å². The molecule has 0 bridgehead atoms. The summed E-state index contributed by atoms with van der Waals surface area (Å²) < 4.78 is 5.88. The number of benzene rings is 3. The summed E-state index contributed by atoms with van der Waals surface area (Å²) in [7, 11) is 0. The lowest BCUT2D eigenvalue weighted by atomic mass is 9.91. The maximum atomic E-state index is 13.8. The van der Waals surface area contributed by atoms with E-state index in [1.165, 1.54) is 6.92 Å². The molecule has 1 aliphatic heterocycles. The molecule has 0 aromatic heterocycles. The fourth-order valence-electron chi connectivity index (χ4n) is 4.56. The molecule has 0 saturated carbocycles. The van der Waals surface area contributed by atoms with Gasteiger partial charge in [0.2, 0.25) is 5.91 Å². The van der Waals surface area contributed by atoms with Gasteiger partial charge in [-0.1, -0.05) is 66.7 Å². The van der Waals surface area contributed by atoms with E-state index in [0.29, 0.717) is 27.4 Å². The lowest BCUT2D eigenvalue weighted by Crippen LogP contribution is -2.52. The third-order valence-electron chi connectivity index (χ3n) is 6.64. The molecule has 5 N–H and O–H groups in total. The van der Waals surface area contributed by atoms with E-state index in [2.05, 4.69) is 5.32 Å². The smallest absolute Gasteiger partial charge is 0.344 e. The van der Waals surface area contributed by atoms with E-state index in [-0.39, 0.29) is 12.4 Å². The van der Waals surface area contributed by atoms with Gasteiger partial charge in [0.1, 0.15) is 23.7 Å². The molecule has 1 fully saturated rings. The zero-order chi connectivity index (χ0) is 29.0. The highest BCUT2D eigenvalue weighted by Gasteiger charge is 2.53. The molecule has 4 rings (SSSR count). The Bertz CT molecular complexity index is 1460. The van der Waals surface area contributed by atoms with Crippen LogP contribution in [0.1, 0.15) is 48.6 Å². The molecular weight excluding hydrogens is 514 g/mol. The van der Waals surface area contributed by atoms with Gasteiger partial charge in [0.25, 0.3) is 5.91 Å². The van der Waals surface area contributed by atoms with Crippen LogP contribution >= 0.6 is 0 Å². The van der Waals surface area contributed by atoms with Gasteiger partial charge >= 0.3 is 12.0 Å². The number of aliphatic carboxylic acids is 1. The van der Waals surface area contributed by atoms with Gasteiger partial charge in [-0.05, 0) is 35.7 Å². The lowest BCUT2D eigenvalue weighted by Gasteiger charge is -2.35. The second-order valence-corrected chi connectivity index (χ2v) is 9.49. The minimum atomic E-state index is -1.56. The van der Waals surface area contributed by atoms with Gasteiger partial charge in [-0.3, -0.25) is 19.8 Å². The molecule has 4 amide bonds. The first-order valence-electron chi connectivity index (χ1n) is 12.4. The first-order chi connectivity index (χ1) is 19.0. The molecule has 40 heavy (non-hydrogen) atoms. The van der Waals surface area contributed by atoms with Crippen molar-refractivity contribution < 1.29 is 29.0 Å². The summed E-state index contributed by atoms with van der Waals surface area (Å²) in [6, 6.07) is 20.1. The SMILES string of the molecule is CC(=O)N(C(CC(=O)O)c1cccc(OCc2ccccc2)c1)N1C(=O)NC(C)(c2ccc(C(=N)N)cc2)C1=O. The first kappa shape index (κ1) is 27.8. The van der Waals surface area contributed by atoms with E-state index < -0.39 is 41.8 Å². The van der Waals surface area contributed by atoms with Gasteiger partial charge in [0, 0.05) is 12.5 Å². The number of nitrogen functional groups attached to an aromatic ring is 1. The summed E-state index contributed by atoms with van der Waals surface area (Å²) in [5.41, 5.74) is 6.08. The van der Waals surface area contributed by atoms with Crippen molar-refractivity contribution in [2.75, 3.05) is 0 Å². The van der Waals surface area contributed by atoms with Crippen molar-refractivity contribution >= 4 is 29.7 Å². The molecule has 0 spiro atoms. The number of imide groups is 1. The minimum Gasteiger partial charge on any atom is -0.489 e. The lowest BCUT2D eigenvalue weighted by molar-refractivity contribution is -0.162. The molecule has 1 saturated heterocycles. The maximum Gasteiger partial charge on any atom is 0.344 e. The number of carboxylic acids is 1. The van der Waals surface area contributed by atoms with Gasteiger partial charge in [-0.15, -0.1) is 0 Å². The highest BCUT2D eigenvalue weighted by atomic mass is 16.5. The fraction of sp³-hybridized carbons (Fsp3) is 0.207. The average molecular weight is 544 g/mol. The van der Waals surface area contributed by atoms with Crippen molar-refractivity contribution in [2.45, 2.75) is 38.5 Å². The number of hydrogen-bond acceptors (Lipinski definition) is 6. The van der Waals surface area contributed by atoms with Crippen LogP contribution in [-0.4, -0.2) is 44.8 Å². The number of urea groups is 1. The van der Waals surface area contributed by atoms with Gasteiger partial charge < -0.3 is 20.9 Å². The van der Waals surface area contributed by atoms with E-state index in [9.17, 15) is 24.3 Å². The van der Waals surface area contributed by atoms with E-state index in [1.807, 2.05) is 30.3 Å². The highest BCUT2D eigenvalue weighted by Crippen LogP contribution is 2.35. The average Bonchev–Trinajstić information content (AvgIpc) is 3.16. The molecule has 3 aromatic carbocycles. The van der Waals surface area contributed by atoms with Gasteiger partial charge in [0.15, 0.2) is 0 Å². The molecule has 1 heterocycles. The number of hydrazine groups is 1. The molecule has 206 valence electrons. The predicted octanol–water partition coefficient (Wildman–Crippen LogP) is 3.30. The Morgan fingerprint density at radius 2 is 1.75 bits per heavy atom. The molecular formula is C29H29N5O6. The molecule has 2 atom stereocenters.